The van der Waals surface area contributed by atoms with Crippen molar-refractivity contribution in [2.45, 2.75) is 44.9 Å². The van der Waals surface area contributed by atoms with E-state index >= 15 is 0 Å². The lowest BCUT2D eigenvalue weighted by Gasteiger charge is -2.25. The van der Waals surface area contributed by atoms with E-state index in [-0.39, 0.29) is 0 Å². The molecule has 15 heavy (non-hydrogen) atoms. The van der Waals surface area contributed by atoms with E-state index in [1.54, 1.807) is 0 Å². The van der Waals surface area contributed by atoms with Gasteiger partial charge in [-0.25, -0.2) is 0 Å². The summed E-state index contributed by atoms with van der Waals surface area (Å²) in [6.45, 7) is 3.49. The molecular weight excluding hydrogens is 184 g/mol. The van der Waals surface area contributed by atoms with Gasteiger partial charge in [-0.1, -0.05) is 12.8 Å². The van der Waals surface area contributed by atoms with Crippen LogP contribution in [0.5, 0.6) is 0 Å². The van der Waals surface area contributed by atoms with Gasteiger partial charge in [-0.3, -0.25) is 0 Å². The summed E-state index contributed by atoms with van der Waals surface area (Å²) in [4.78, 5) is 2.57. The Morgan fingerprint density at radius 3 is 2.47 bits per heavy atom. The van der Waals surface area contributed by atoms with Crippen LogP contribution < -0.4 is 5.73 Å². The summed E-state index contributed by atoms with van der Waals surface area (Å²) in [5.74, 6) is 0.990. The van der Waals surface area contributed by atoms with Crippen molar-refractivity contribution in [2.75, 3.05) is 26.7 Å². The average Bonchev–Trinajstić information content (AvgIpc) is 2.75. The van der Waals surface area contributed by atoms with E-state index in [0.717, 1.165) is 12.5 Å². The smallest absolute Gasteiger partial charge is 0.00355 e. The van der Waals surface area contributed by atoms with Crippen LogP contribution in [0.3, 0.4) is 0 Å². The van der Waals surface area contributed by atoms with Crippen molar-refractivity contribution in [3.05, 3.63) is 0 Å². The quantitative estimate of drug-likeness (QED) is 0.728. The average molecular weight is 210 g/mol. The molecule has 2 nitrogen and oxygen atoms in total. The highest BCUT2D eigenvalue weighted by atomic mass is 15.1. The fraction of sp³-hybridized carbons (Fsp3) is 1.00. The second-order valence-electron chi connectivity index (χ2n) is 5.89. The summed E-state index contributed by atoms with van der Waals surface area (Å²) >= 11 is 0. The SMILES string of the molecule is CN(CC1CCCC1)CC1(CCN)CC1. The van der Waals surface area contributed by atoms with Crippen molar-refractivity contribution in [1.82, 2.24) is 4.90 Å². The van der Waals surface area contributed by atoms with Gasteiger partial charge in [-0.05, 0) is 57.0 Å². The molecule has 0 spiro atoms. The van der Waals surface area contributed by atoms with Gasteiger partial charge >= 0.3 is 0 Å². The molecule has 2 fully saturated rings. The molecule has 0 aliphatic heterocycles. The Morgan fingerprint density at radius 1 is 1.27 bits per heavy atom. The zero-order valence-electron chi connectivity index (χ0n) is 10.2. The first kappa shape index (κ1) is 11.4. The lowest BCUT2D eigenvalue weighted by atomic mass is 10.0. The normalized spacial score (nSPS) is 25.0. The maximum absolute atomic E-state index is 5.68. The van der Waals surface area contributed by atoms with Gasteiger partial charge in [0.15, 0.2) is 0 Å². The Balaban J connectivity index is 1.69. The van der Waals surface area contributed by atoms with Crippen molar-refractivity contribution in [1.29, 1.82) is 0 Å². The predicted molar refractivity (Wildman–Crippen MR) is 64.8 cm³/mol. The summed E-state index contributed by atoms with van der Waals surface area (Å²) in [6, 6.07) is 0. The van der Waals surface area contributed by atoms with E-state index in [1.165, 1.54) is 58.0 Å². The highest BCUT2D eigenvalue weighted by Crippen LogP contribution is 2.49. The highest BCUT2D eigenvalue weighted by Gasteiger charge is 2.42. The van der Waals surface area contributed by atoms with Gasteiger partial charge in [0, 0.05) is 13.1 Å². The lowest BCUT2D eigenvalue weighted by Crippen LogP contribution is -2.31. The van der Waals surface area contributed by atoms with Gasteiger partial charge in [0.25, 0.3) is 0 Å². The third-order valence-corrected chi connectivity index (χ3v) is 4.28. The molecule has 0 heterocycles. The van der Waals surface area contributed by atoms with Crippen LogP contribution in [0.15, 0.2) is 0 Å². The molecule has 2 aliphatic carbocycles. The largest absolute Gasteiger partial charge is 0.330 e. The minimum absolute atomic E-state index is 0.627. The van der Waals surface area contributed by atoms with E-state index in [1.807, 2.05) is 0 Å². The van der Waals surface area contributed by atoms with E-state index in [0.29, 0.717) is 5.41 Å². The first-order chi connectivity index (χ1) is 7.24. The van der Waals surface area contributed by atoms with E-state index in [9.17, 15) is 0 Å². The minimum atomic E-state index is 0.627. The van der Waals surface area contributed by atoms with Crippen LogP contribution >= 0.6 is 0 Å². The first-order valence-corrected chi connectivity index (χ1v) is 6.63. The lowest BCUT2D eigenvalue weighted by molar-refractivity contribution is 0.222. The second-order valence-corrected chi connectivity index (χ2v) is 5.89. The predicted octanol–water partition coefficient (Wildman–Crippen LogP) is 2.24. The van der Waals surface area contributed by atoms with E-state index in [2.05, 4.69) is 11.9 Å². The van der Waals surface area contributed by atoms with Crippen molar-refractivity contribution in [3.8, 4) is 0 Å². The first-order valence-electron chi connectivity index (χ1n) is 6.63. The topological polar surface area (TPSA) is 29.3 Å². The highest BCUT2D eigenvalue weighted by molar-refractivity contribution is 4.95. The molecule has 2 heteroatoms. The second kappa shape index (κ2) is 4.84. The molecule has 2 saturated carbocycles. The molecule has 0 radical (unpaired) electrons. The molecule has 0 bridgehead atoms. The summed E-state index contributed by atoms with van der Waals surface area (Å²) in [6.07, 6.45) is 9.93. The molecule has 2 rings (SSSR count). The maximum Gasteiger partial charge on any atom is 0.00355 e. The molecule has 2 aliphatic rings. The van der Waals surface area contributed by atoms with Gasteiger partial charge in [-0.2, -0.15) is 0 Å². The Hall–Kier alpha value is -0.0800. The van der Waals surface area contributed by atoms with Crippen LogP contribution in [-0.2, 0) is 0 Å². The summed E-state index contributed by atoms with van der Waals surface area (Å²) < 4.78 is 0. The Kier molecular flexibility index (Phi) is 3.68. The molecule has 0 atom stereocenters. The van der Waals surface area contributed by atoms with E-state index < -0.39 is 0 Å². The molecule has 0 aromatic heterocycles. The van der Waals surface area contributed by atoms with Crippen molar-refractivity contribution in [2.24, 2.45) is 17.1 Å². The minimum Gasteiger partial charge on any atom is -0.330 e. The zero-order valence-corrected chi connectivity index (χ0v) is 10.2. The van der Waals surface area contributed by atoms with Gasteiger partial charge in [-0.15, -0.1) is 0 Å². The third kappa shape index (κ3) is 3.18. The molecule has 0 unspecified atom stereocenters. The number of nitrogens with two attached hydrogens (primary N) is 1. The van der Waals surface area contributed by atoms with Gasteiger partial charge in [0.05, 0.1) is 0 Å². The summed E-state index contributed by atoms with van der Waals surface area (Å²) in [7, 11) is 2.30. The van der Waals surface area contributed by atoms with Crippen LogP contribution in [0.25, 0.3) is 0 Å². The molecule has 0 saturated heterocycles. The molecule has 2 N–H and O–H groups in total. The Labute approximate surface area is 94.2 Å². The van der Waals surface area contributed by atoms with Gasteiger partial charge in [0.2, 0.25) is 0 Å². The van der Waals surface area contributed by atoms with Crippen molar-refractivity contribution >= 4 is 0 Å². The van der Waals surface area contributed by atoms with Crippen LogP contribution in [0.4, 0.5) is 0 Å². The van der Waals surface area contributed by atoms with Gasteiger partial charge < -0.3 is 10.6 Å². The molecule has 88 valence electrons. The van der Waals surface area contributed by atoms with Crippen LogP contribution in [-0.4, -0.2) is 31.6 Å². The van der Waals surface area contributed by atoms with E-state index in [4.69, 9.17) is 5.73 Å². The molecular formula is C13H26N2. The summed E-state index contributed by atoms with van der Waals surface area (Å²) in [5, 5.41) is 0. The van der Waals surface area contributed by atoms with Crippen molar-refractivity contribution < 1.29 is 0 Å². The zero-order chi connectivity index (χ0) is 10.7. The fourth-order valence-corrected chi connectivity index (χ4v) is 3.24. The summed E-state index contributed by atoms with van der Waals surface area (Å²) in [5.41, 5.74) is 6.30. The van der Waals surface area contributed by atoms with Crippen LogP contribution in [0.2, 0.25) is 0 Å². The number of hydrogen-bond donors (Lipinski definition) is 1. The Bertz CT molecular complexity index is 193. The number of hydrogen-bond acceptors (Lipinski definition) is 2. The maximum atomic E-state index is 5.68. The third-order valence-electron chi connectivity index (χ3n) is 4.28. The molecule has 0 aromatic carbocycles. The molecule has 0 aromatic rings. The van der Waals surface area contributed by atoms with Crippen molar-refractivity contribution in [3.63, 3.8) is 0 Å². The fourth-order valence-electron chi connectivity index (χ4n) is 3.24. The number of rotatable bonds is 6. The monoisotopic (exact) mass is 210 g/mol. The Morgan fingerprint density at radius 2 is 1.93 bits per heavy atom. The standard InChI is InChI=1S/C13H26N2/c1-15(10-12-4-2-3-5-12)11-13(6-7-13)8-9-14/h12H,2-11,14H2,1H3. The van der Waals surface area contributed by atoms with Crippen LogP contribution in [0.1, 0.15) is 44.9 Å². The number of nitrogens with zero attached hydrogens (tertiary/aromatic N) is 1. The molecule has 0 amide bonds. The van der Waals surface area contributed by atoms with Gasteiger partial charge in [0.1, 0.15) is 0 Å². The van der Waals surface area contributed by atoms with Crippen LogP contribution in [0, 0.1) is 11.3 Å².